The maximum atomic E-state index is 10.9. The Morgan fingerprint density at radius 3 is 2.84 bits per heavy atom. The Bertz CT molecular complexity index is 661. The zero-order chi connectivity index (χ0) is 13.2. The summed E-state index contributed by atoms with van der Waals surface area (Å²) in [7, 11) is 0. The summed E-state index contributed by atoms with van der Waals surface area (Å²) in [5.41, 5.74) is 4.13. The van der Waals surface area contributed by atoms with Crippen LogP contribution in [0, 0.1) is 0 Å². The number of carbonyl (C=O) groups excluding carboxylic acids is 1. The van der Waals surface area contributed by atoms with Crippen molar-refractivity contribution in [3.8, 4) is 0 Å². The standard InChI is InChI=1S/C16H14N2O/c1-12-9-13-5-2-3-7-15(13)18(10-12)16-8-4-6-14(11-19)17-16/h2-8,10-11H,9H2,1H3. The number of carbonyl (C=O) groups is 1. The Morgan fingerprint density at radius 1 is 1.16 bits per heavy atom. The topological polar surface area (TPSA) is 33.2 Å². The lowest BCUT2D eigenvalue weighted by atomic mass is 10.0. The van der Waals surface area contributed by atoms with E-state index in [4.69, 9.17) is 0 Å². The molecule has 0 saturated carbocycles. The number of hydrogen-bond acceptors (Lipinski definition) is 3. The molecule has 0 spiro atoms. The predicted octanol–water partition coefficient (Wildman–Crippen LogP) is 3.49. The molecule has 3 rings (SSSR count). The smallest absolute Gasteiger partial charge is 0.168 e. The zero-order valence-corrected chi connectivity index (χ0v) is 10.7. The number of nitrogens with zero attached hydrogens (tertiary/aromatic N) is 2. The second-order valence-corrected chi connectivity index (χ2v) is 4.69. The van der Waals surface area contributed by atoms with Gasteiger partial charge in [0.2, 0.25) is 0 Å². The molecule has 0 atom stereocenters. The lowest BCUT2D eigenvalue weighted by Crippen LogP contribution is -2.17. The summed E-state index contributed by atoms with van der Waals surface area (Å²) in [6.07, 6.45) is 3.81. The number of anilines is 2. The molecule has 0 fully saturated rings. The summed E-state index contributed by atoms with van der Waals surface area (Å²) in [6.45, 7) is 2.10. The van der Waals surface area contributed by atoms with E-state index in [9.17, 15) is 4.79 Å². The maximum absolute atomic E-state index is 10.9. The SMILES string of the molecule is CC1=CN(c2cccc(C=O)n2)c2ccccc2C1. The van der Waals surface area contributed by atoms with E-state index in [-0.39, 0.29) is 0 Å². The number of hydrogen-bond donors (Lipinski definition) is 0. The molecule has 0 N–H and O–H groups in total. The largest absolute Gasteiger partial charge is 0.302 e. The Labute approximate surface area is 112 Å². The summed E-state index contributed by atoms with van der Waals surface area (Å²) in [5, 5.41) is 0. The lowest BCUT2D eigenvalue weighted by molar-refractivity contribution is 0.111. The second-order valence-electron chi connectivity index (χ2n) is 4.69. The van der Waals surface area contributed by atoms with Gasteiger partial charge in [0.05, 0.1) is 5.69 Å². The van der Waals surface area contributed by atoms with Crippen LogP contribution in [-0.2, 0) is 6.42 Å². The van der Waals surface area contributed by atoms with Crippen molar-refractivity contribution in [2.75, 3.05) is 4.90 Å². The fraction of sp³-hybridized carbons (Fsp3) is 0.125. The Hall–Kier alpha value is -2.42. The molecule has 19 heavy (non-hydrogen) atoms. The molecular formula is C16H14N2O. The Balaban J connectivity index is 2.12. The zero-order valence-electron chi connectivity index (χ0n) is 10.7. The molecule has 0 radical (unpaired) electrons. The third kappa shape index (κ3) is 2.15. The summed E-state index contributed by atoms with van der Waals surface area (Å²) < 4.78 is 0. The van der Waals surface area contributed by atoms with Crippen molar-refractivity contribution in [2.24, 2.45) is 0 Å². The van der Waals surface area contributed by atoms with Crippen LogP contribution in [0.4, 0.5) is 11.5 Å². The van der Waals surface area contributed by atoms with E-state index >= 15 is 0 Å². The van der Waals surface area contributed by atoms with Crippen LogP contribution >= 0.6 is 0 Å². The Kier molecular flexibility index (Phi) is 2.88. The van der Waals surface area contributed by atoms with Crippen LogP contribution < -0.4 is 4.90 Å². The first-order valence-electron chi connectivity index (χ1n) is 6.24. The molecule has 1 aliphatic rings. The van der Waals surface area contributed by atoms with Gasteiger partial charge in [-0.1, -0.05) is 29.8 Å². The van der Waals surface area contributed by atoms with Crippen LogP contribution in [0.2, 0.25) is 0 Å². The maximum Gasteiger partial charge on any atom is 0.168 e. The molecule has 3 heteroatoms. The normalized spacial score (nSPS) is 13.7. The molecule has 0 bridgehead atoms. The molecule has 0 saturated heterocycles. The van der Waals surface area contributed by atoms with E-state index in [1.54, 1.807) is 6.07 Å². The summed E-state index contributed by atoms with van der Waals surface area (Å²) in [6, 6.07) is 13.7. The molecule has 2 aromatic rings. The highest BCUT2D eigenvalue weighted by molar-refractivity contribution is 5.75. The molecule has 0 amide bonds. The van der Waals surface area contributed by atoms with Crippen LogP contribution in [0.25, 0.3) is 0 Å². The number of para-hydroxylation sites is 1. The molecular weight excluding hydrogens is 236 g/mol. The van der Waals surface area contributed by atoms with Crippen molar-refractivity contribution in [1.29, 1.82) is 0 Å². The summed E-state index contributed by atoms with van der Waals surface area (Å²) in [5.74, 6) is 0.774. The van der Waals surface area contributed by atoms with Crippen LogP contribution in [0.1, 0.15) is 23.0 Å². The Morgan fingerprint density at radius 2 is 2.00 bits per heavy atom. The van der Waals surface area contributed by atoms with E-state index in [0.29, 0.717) is 5.69 Å². The number of allylic oxidation sites excluding steroid dienone is 1. The number of rotatable bonds is 2. The minimum Gasteiger partial charge on any atom is -0.302 e. The average molecular weight is 250 g/mol. The van der Waals surface area contributed by atoms with Crippen molar-refractivity contribution in [3.05, 3.63) is 65.5 Å². The van der Waals surface area contributed by atoms with Crippen LogP contribution in [0.15, 0.2) is 54.2 Å². The number of pyridine rings is 1. The van der Waals surface area contributed by atoms with Gasteiger partial charge in [0.25, 0.3) is 0 Å². The monoisotopic (exact) mass is 250 g/mol. The minimum atomic E-state index is 0.451. The average Bonchev–Trinajstić information content (AvgIpc) is 2.46. The van der Waals surface area contributed by atoms with Gasteiger partial charge < -0.3 is 4.90 Å². The molecule has 0 aliphatic carbocycles. The van der Waals surface area contributed by atoms with Crippen molar-refractivity contribution < 1.29 is 4.79 Å². The van der Waals surface area contributed by atoms with Gasteiger partial charge in [-0.15, -0.1) is 0 Å². The predicted molar refractivity (Wildman–Crippen MR) is 75.7 cm³/mol. The third-order valence-corrected chi connectivity index (χ3v) is 3.19. The van der Waals surface area contributed by atoms with Gasteiger partial charge in [0.15, 0.2) is 6.29 Å². The van der Waals surface area contributed by atoms with Gasteiger partial charge in [-0.2, -0.15) is 0 Å². The first-order chi connectivity index (χ1) is 9.28. The number of benzene rings is 1. The summed E-state index contributed by atoms with van der Waals surface area (Å²) >= 11 is 0. The summed E-state index contributed by atoms with van der Waals surface area (Å²) in [4.78, 5) is 17.3. The van der Waals surface area contributed by atoms with E-state index in [0.717, 1.165) is 24.2 Å². The van der Waals surface area contributed by atoms with Crippen molar-refractivity contribution >= 4 is 17.8 Å². The first-order valence-corrected chi connectivity index (χ1v) is 6.24. The molecule has 3 nitrogen and oxygen atoms in total. The lowest BCUT2D eigenvalue weighted by Gasteiger charge is -2.27. The number of aromatic nitrogens is 1. The number of fused-ring (bicyclic) bond motifs is 1. The van der Waals surface area contributed by atoms with Crippen molar-refractivity contribution in [2.45, 2.75) is 13.3 Å². The van der Waals surface area contributed by atoms with Crippen LogP contribution in [0.3, 0.4) is 0 Å². The van der Waals surface area contributed by atoms with Gasteiger partial charge in [-0.3, -0.25) is 4.79 Å². The van der Waals surface area contributed by atoms with Gasteiger partial charge in [-0.25, -0.2) is 4.98 Å². The van der Waals surface area contributed by atoms with E-state index < -0.39 is 0 Å². The van der Waals surface area contributed by atoms with E-state index in [1.165, 1.54) is 11.1 Å². The van der Waals surface area contributed by atoms with Crippen LogP contribution in [-0.4, -0.2) is 11.3 Å². The number of aldehydes is 1. The van der Waals surface area contributed by atoms with Crippen molar-refractivity contribution in [3.63, 3.8) is 0 Å². The van der Waals surface area contributed by atoms with Gasteiger partial charge in [-0.05, 0) is 37.1 Å². The van der Waals surface area contributed by atoms with Gasteiger partial charge >= 0.3 is 0 Å². The molecule has 1 aromatic heterocycles. The van der Waals surface area contributed by atoms with Crippen molar-refractivity contribution in [1.82, 2.24) is 4.98 Å². The van der Waals surface area contributed by atoms with Gasteiger partial charge in [0, 0.05) is 6.20 Å². The quantitative estimate of drug-likeness (QED) is 0.765. The molecule has 1 aliphatic heterocycles. The highest BCUT2D eigenvalue weighted by Gasteiger charge is 2.17. The van der Waals surface area contributed by atoms with E-state index in [2.05, 4.69) is 30.2 Å². The first kappa shape index (κ1) is 11.7. The second kappa shape index (κ2) is 4.69. The fourth-order valence-electron chi connectivity index (χ4n) is 2.36. The molecule has 94 valence electrons. The van der Waals surface area contributed by atoms with Crippen LogP contribution in [0.5, 0.6) is 0 Å². The highest BCUT2D eigenvalue weighted by Crippen LogP contribution is 2.33. The highest BCUT2D eigenvalue weighted by atomic mass is 16.1. The molecule has 0 unspecified atom stereocenters. The minimum absolute atomic E-state index is 0.451. The fourth-order valence-corrected chi connectivity index (χ4v) is 2.36. The van der Waals surface area contributed by atoms with E-state index in [1.807, 2.05) is 29.2 Å². The third-order valence-electron chi connectivity index (χ3n) is 3.19. The molecule has 1 aromatic carbocycles. The molecule has 2 heterocycles. The van der Waals surface area contributed by atoms with Gasteiger partial charge in [0.1, 0.15) is 11.5 Å².